The van der Waals surface area contributed by atoms with E-state index in [1.54, 1.807) is 48.5 Å². The zero-order valence-electron chi connectivity index (χ0n) is 20.2. The highest BCUT2D eigenvalue weighted by atomic mass is 16.6. The Morgan fingerprint density at radius 3 is 2.36 bits per heavy atom. The minimum Gasteiger partial charge on any atom is -0.504 e. The number of nitrogens with two attached hydrogens (primary N) is 1. The maximum Gasteiger partial charge on any atom is 0.412 e. The lowest BCUT2D eigenvalue weighted by Gasteiger charge is -2.25. The Balaban J connectivity index is 1.83. The maximum atomic E-state index is 12.7. The van der Waals surface area contributed by atoms with E-state index in [0.717, 1.165) is 5.56 Å². The predicted molar refractivity (Wildman–Crippen MR) is 138 cm³/mol. The number of phenols is 1. The van der Waals surface area contributed by atoms with Gasteiger partial charge in [0, 0.05) is 18.9 Å². The molecule has 0 aliphatic carbocycles. The number of nitrogens with one attached hydrogen (secondary N) is 2. The first kappa shape index (κ1) is 26.1. The Hall–Kier alpha value is -4.50. The van der Waals surface area contributed by atoms with Crippen LogP contribution < -0.4 is 21.1 Å². The van der Waals surface area contributed by atoms with Crippen molar-refractivity contribution in [3.05, 3.63) is 90.0 Å². The van der Waals surface area contributed by atoms with E-state index >= 15 is 0 Å². The van der Waals surface area contributed by atoms with E-state index in [0.29, 0.717) is 22.6 Å². The number of nitrogen functional groups attached to an aromatic ring is 1. The molecule has 0 aromatic heterocycles. The van der Waals surface area contributed by atoms with Gasteiger partial charge in [0.15, 0.2) is 17.6 Å². The molecule has 188 valence electrons. The Morgan fingerprint density at radius 2 is 1.72 bits per heavy atom. The number of benzene rings is 3. The normalized spacial score (nSPS) is 12.5. The third kappa shape index (κ3) is 7.00. The molecule has 0 radical (unpaired) electrons. The molecule has 2 amide bonds. The number of para-hydroxylation sites is 2. The number of rotatable bonds is 9. The minimum absolute atomic E-state index is 0.140. The summed E-state index contributed by atoms with van der Waals surface area (Å²) >= 11 is 0. The van der Waals surface area contributed by atoms with Crippen LogP contribution in [0.2, 0.25) is 0 Å². The first-order valence-corrected chi connectivity index (χ1v) is 11.1. The van der Waals surface area contributed by atoms with Crippen molar-refractivity contribution in [2.45, 2.75) is 19.1 Å². The van der Waals surface area contributed by atoms with E-state index in [4.69, 9.17) is 19.9 Å². The van der Waals surface area contributed by atoms with E-state index in [1.807, 2.05) is 19.1 Å². The molecular formula is C27H29N3O6. The molecule has 0 fully saturated rings. The lowest BCUT2D eigenvalue weighted by Crippen LogP contribution is -2.27. The molecule has 0 saturated carbocycles. The fraction of sp³-hybridized carbons (Fsp3) is 0.185. The number of aryl methyl sites for hydroxylation is 1. The van der Waals surface area contributed by atoms with Crippen LogP contribution in [0, 0.1) is 6.92 Å². The van der Waals surface area contributed by atoms with Crippen LogP contribution >= 0.6 is 0 Å². The lowest BCUT2D eigenvalue weighted by atomic mass is 10.0. The van der Waals surface area contributed by atoms with Crippen LogP contribution in [-0.2, 0) is 14.3 Å². The van der Waals surface area contributed by atoms with Crippen LogP contribution in [0.5, 0.6) is 11.5 Å². The molecule has 0 heterocycles. The molecule has 0 unspecified atom stereocenters. The Labute approximate surface area is 209 Å². The van der Waals surface area contributed by atoms with Gasteiger partial charge in [-0.25, -0.2) is 4.79 Å². The Bertz CT molecular complexity index is 1230. The highest BCUT2D eigenvalue weighted by molar-refractivity contribution is 6.01. The first-order valence-electron chi connectivity index (χ1n) is 11.1. The molecule has 9 nitrogen and oxygen atoms in total. The first-order chi connectivity index (χ1) is 17.3. The largest absolute Gasteiger partial charge is 0.504 e. The summed E-state index contributed by atoms with van der Waals surface area (Å²) in [5, 5.41) is 15.6. The summed E-state index contributed by atoms with van der Waals surface area (Å²) in [4.78, 5) is 25.2. The fourth-order valence-corrected chi connectivity index (χ4v) is 3.38. The van der Waals surface area contributed by atoms with Crippen molar-refractivity contribution in [2.24, 2.45) is 0 Å². The van der Waals surface area contributed by atoms with Gasteiger partial charge in [0.05, 0.1) is 18.5 Å². The quantitative estimate of drug-likeness (QED) is 0.250. The van der Waals surface area contributed by atoms with Crippen LogP contribution in [0.3, 0.4) is 0 Å². The lowest BCUT2D eigenvalue weighted by molar-refractivity contribution is -0.112. The van der Waals surface area contributed by atoms with Crippen LogP contribution in [0.1, 0.15) is 17.2 Å². The third-order valence-electron chi connectivity index (χ3n) is 5.29. The number of carbonyl (C=O) groups excluding carboxylic acids is 2. The third-order valence-corrected chi connectivity index (χ3v) is 5.29. The topological polar surface area (TPSA) is 132 Å². The average molecular weight is 492 g/mol. The number of aromatic hydroxyl groups is 1. The number of hydrogen-bond donors (Lipinski definition) is 4. The smallest absolute Gasteiger partial charge is 0.412 e. The summed E-state index contributed by atoms with van der Waals surface area (Å²) in [5.74, 6) is -0.333. The van der Waals surface area contributed by atoms with E-state index < -0.39 is 24.2 Å². The van der Waals surface area contributed by atoms with Crippen molar-refractivity contribution in [3.63, 3.8) is 0 Å². The second-order valence-electron chi connectivity index (χ2n) is 7.88. The van der Waals surface area contributed by atoms with Crippen molar-refractivity contribution in [3.8, 4) is 11.5 Å². The summed E-state index contributed by atoms with van der Waals surface area (Å²) < 4.78 is 16.3. The molecular weight excluding hydrogens is 462 g/mol. The standard InChI is InChI=1S/C27H29N3O6/c1-17-8-11-19(12-9-17)29-27(33)36-26(18-10-13-23(34-2)22(31)16-18)24(35-3)14-15-25(32)30-21-7-5-4-6-20(21)28/h4-16,24,26,31H,28H2,1-3H3,(H,29,33)(H,30,32)/b15-14+/t24-,26-/m1/s1. The number of hydrogen-bond acceptors (Lipinski definition) is 7. The van der Waals surface area contributed by atoms with Gasteiger partial charge in [0.1, 0.15) is 6.10 Å². The van der Waals surface area contributed by atoms with E-state index in [-0.39, 0.29) is 11.5 Å². The molecule has 0 bridgehead atoms. The van der Waals surface area contributed by atoms with Gasteiger partial charge in [-0.2, -0.15) is 0 Å². The van der Waals surface area contributed by atoms with E-state index in [1.165, 1.54) is 32.4 Å². The van der Waals surface area contributed by atoms with Crippen LogP contribution in [0.4, 0.5) is 21.9 Å². The molecule has 0 aliphatic rings. The molecule has 2 atom stereocenters. The molecule has 0 saturated heterocycles. The number of methoxy groups -OCH3 is 2. The summed E-state index contributed by atoms with van der Waals surface area (Å²) in [5.41, 5.74) is 8.78. The average Bonchev–Trinajstić information content (AvgIpc) is 2.86. The predicted octanol–water partition coefficient (Wildman–Crippen LogP) is 4.79. The van der Waals surface area contributed by atoms with Crippen molar-refractivity contribution in [1.82, 2.24) is 0 Å². The minimum atomic E-state index is -1.01. The number of ether oxygens (including phenoxy) is 3. The number of anilines is 3. The summed E-state index contributed by atoms with van der Waals surface area (Å²) in [6.45, 7) is 1.94. The molecule has 5 N–H and O–H groups in total. The van der Waals surface area contributed by atoms with Crippen molar-refractivity contribution < 1.29 is 28.9 Å². The molecule has 0 spiro atoms. The molecule has 3 aromatic rings. The van der Waals surface area contributed by atoms with Crippen LogP contribution in [-0.4, -0.2) is 37.4 Å². The van der Waals surface area contributed by atoms with Crippen LogP contribution in [0.15, 0.2) is 78.9 Å². The zero-order chi connectivity index (χ0) is 26.1. The maximum absolute atomic E-state index is 12.7. The molecule has 0 aliphatic heterocycles. The SMILES string of the molecule is COc1ccc([C@@H](OC(=O)Nc2ccc(C)cc2)[C@@H](/C=C/C(=O)Nc2ccccc2N)OC)cc1O. The van der Waals surface area contributed by atoms with Crippen molar-refractivity contribution in [2.75, 3.05) is 30.6 Å². The Morgan fingerprint density at radius 1 is 1.00 bits per heavy atom. The Kier molecular flexibility index (Phi) is 8.90. The van der Waals surface area contributed by atoms with Gasteiger partial charge in [-0.15, -0.1) is 0 Å². The second kappa shape index (κ2) is 12.3. The van der Waals surface area contributed by atoms with Gasteiger partial charge in [0.2, 0.25) is 5.91 Å². The van der Waals surface area contributed by atoms with Gasteiger partial charge in [0.25, 0.3) is 0 Å². The summed E-state index contributed by atoms with van der Waals surface area (Å²) in [6, 6.07) is 18.6. The molecule has 9 heteroatoms. The van der Waals surface area contributed by atoms with Crippen molar-refractivity contribution in [1.29, 1.82) is 0 Å². The van der Waals surface area contributed by atoms with Gasteiger partial charge in [-0.3, -0.25) is 10.1 Å². The van der Waals surface area contributed by atoms with Gasteiger partial charge < -0.3 is 30.4 Å². The number of carbonyl (C=O) groups is 2. The van der Waals surface area contributed by atoms with Gasteiger partial charge in [-0.05, 0) is 55.0 Å². The summed E-state index contributed by atoms with van der Waals surface area (Å²) in [6.07, 6.45) is 0.0947. The van der Waals surface area contributed by atoms with Gasteiger partial charge >= 0.3 is 6.09 Å². The fourth-order valence-electron chi connectivity index (χ4n) is 3.38. The number of phenolic OH excluding ortho intramolecular Hbond substituents is 1. The van der Waals surface area contributed by atoms with Gasteiger partial charge in [-0.1, -0.05) is 35.9 Å². The monoisotopic (exact) mass is 491 g/mol. The molecule has 3 aromatic carbocycles. The highest BCUT2D eigenvalue weighted by Crippen LogP contribution is 2.33. The second-order valence-corrected chi connectivity index (χ2v) is 7.88. The molecule has 3 rings (SSSR count). The highest BCUT2D eigenvalue weighted by Gasteiger charge is 2.27. The number of amides is 2. The van der Waals surface area contributed by atoms with E-state index in [2.05, 4.69) is 10.6 Å². The zero-order valence-corrected chi connectivity index (χ0v) is 20.2. The summed E-state index contributed by atoms with van der Waals surface area (Å²) in [7, 11) is 2.84. The van der Waals surface area contributed by atoms with Crippen LogP contribution in [0.25, 0.3) is 0 Å². The molecule has 36 heavy (non-hydrogen) atoms. The van der Waals surface area contributed by atoms with Crippen molar-refractivity contribution >= 4 is 29.1 Å². The van der Waals surface area contributed by atoms with E-state index in [9.17, 15) is 14.7 Å².